The molecule has 1 aromatic heterocycles. The molecule has 30 heavy (non-hydrogen) atoms. The average molecular weight is 408 g/mol. The van der Waals surface area contributed by atoms with Crippen LogP contribution in [0.5, 0.6) is 0 Å². The van der Waals surface area contributed by atoms with Crippen LogP contribution in [-0.2, 0) is 16.0 Å². The van der Waals surface area contributed by atoms with Gasteiger partial charge in [0.05, 0.1) is 24.1 Å². The summed E-state index contributed by atoms with van der Waals surface area (Å²) < 4.78 is 7.22. The Hall–Kier alpha value is -3.15. The van der Waals surface area contributed by atoms with Gasteiger partial charge in [0.25, 0.3) is 5.91 Å². The summed E-state index contributed by atoms with van der Waals surface area (Å²) in [6, 6.07) is 7.54. The van der Waals surface area contributed by atoms with Crippen molar-refractivity contribution in [3.63, 3.8) is 0 Å². The van der Waals surface area contributed by atoms with Crippen LogP contribution in [0.15, 0.2) is 24.3 Å². The van der Waals surface area contributed by atoms with Gasteiger partial charge in [-0.3, -0.25) is 9.59 Å². The predicted octanol–water partition coefficient (Wildman–Crippen LogP) is 0.940. The van der Waals surface area contributed by atoms with Crippen LogP contribution in [0.25, 0.3) is 5.69 Å². The highest BCUT2D eigenvalue weighted by Gasteiger charge is 2.42. The molecule has 2 aliphatic rings. The van der Waals surface area contributed by atoms with Gasteiger partial charge < -0.3 is 20.5 Å². The van der Waals surface area contributed by atoms with E-state index in [-0.39, 0.29) is 5.69 Å². The number of nitrogens with zero attached hydrogens (tertiary/aromatic N) is 3. The minimum Gasteiger partial charge on any atom is -0.388 e. The van der Waals surface area contributed by atoms with Crippen molar-refractivity contribution in [1.29, 1.82) is 0 Å². The molecule has 8 nitrogen and oxygen atoms in total. The van der Waals surface area contributed by atoms with Gasteiger partial charge in [-0.05, 0) is 37.5 Å². The fraction of sp³-hybridized carbons (Fsp3) is 0.409. The van der Waals surface area contributed by atoms with Crippen molar-refractivity contribution < 1.29 is 19.4 Å². The van der Waals surface area contributed by atoms with E-state index in [2.05, 4.69) is 16.9 Å². The van der Waals surface area contributed by atoms with Crippen LogP contribution >= 0.6 is 0 Å². The number of hydrogen-bond donors (Lipinski definition) is 2. The Morgan fingerprint density at radius 2 is 2.33 bits per heavy atom. The normalized spacial score (nSPS) is 21.9. The molecule has 3 N–H and O–H groups in total. The number of primary amides is 1. The van der Waals surface area contributed by atoms with Gasteiger partial charge in [-0.1, -0.05) is 17.9 Å². The molecular formula is C22H24N4O4. The van der Waals surface area contributed by atoms with E-state index in [0.717, 1.165) is 29.8 Å². The molecular weight excluding hydrogens is 384 g/mol. The molecule has 0 radical (unpaired) electrons. The monoisotopic (exact) mass is 408 g/mol. The largest absolute Gasteiger partial charge is 0.388 e. The molecule has 1 aliphatic heterocycles. The van der Waals surface area contributed by atoms with E-state index >= 15 is 0 Å². The van der Waals surface area contributed by atoms with Gasteiger partial charge in [-0.15, -0.1) is 0 Å². The maximum absolute atomic E-state index is 11.9. The maximum atomic E-state index is 11.9. The molecule has 1 aliphatic carbocycles. The van der Waals surface area contributed by atoms with Crippen LogP contribution in [0.1, 0.15) is 52.7 Å². The smallest absolute Gasteiger partial charge is 0.269 e. The van der Waals surface area contributed by atoms with Gasteiger partial charge >= 0.3 is 0 Å². The first-order valence-electron chi connectivity index (χ1n) is 9.95. The van der Waals surface area contributed by atoms with Crippen LogP contribution in [0.3, 0.4) is 0 Å². The number of rotatable bonds is 6. The summed E-state index contributed by atoms with van der Waals surface area (Å²) >= 11 is 0. The Morgan fingerprint density at radius 3 is 3.03 bits per heavy atom. The molecule has 2 aromatic rings. The van der Waals surface area contributed by atoms with E-state index in [1.807, 2.05) is 24.3 Å². The lowest BCUT2D eigenvalue weighted by Crippen LogP contribution is -2.22. The van der Waals surface area contributed by atoms with Crippen molar-refractivity contribution in [3.8, 4) is 17.5 Å². The lowest BCUT2D eigenvalue weighted by atomic mass is 9.92. The summed E-state index contributed by atoms with van der Waals surface area (Å²) in [7, 11) is 1.72. The van der Waals surface area contributed by atoms with E-state index in [1.165, 1.54) is 0 Å². The standard InChI is InChI=1S/C22H24N4O4/c1-25(14-27)11-10-22(13-30-22)9-8-15-4-2-5-16(12-15)26-17-6-3-7-18(28)19(17)20(24-26)21(23)29/h2,4-5,12,14,18,28H,3,6-7,10-11,13H2,1H3,(H2,23,29)/t18-,22-/m0/s1. The van der Waals surface area contributed by atoms with Crippen LogP contribution in [-0.4, -0.2) is 57.9 Å². The van der Waals surface area contributed by atoms with Gasteiger partial charge in [-0.25, -0.2) is 4.68 Å². The Balaban J connectivity index is 1.62. The molecule has 8 heteroatoms. The summed E-state index contributed by atoms with van der Waals surface area (Å²) in [5.74, 6) is 5.69. The predicted molar refractivity (Wildman–Crippen MR) is 109 cm³/mol. The van der Waals surface area contributed by atoms with Crippen LogP contribution in [0.2, 0.25) is 0 Å². The highest BCUT2D eigenvalue weighted by Crippen LogP contribution is 2.34. The molecule has 0 saturated carbocycles. The Morgan fingerprint density at radius 1 is 1.53 bits per heavy atom. The Labute approximate surface area is 174 Å². The SMILES string of the molecule is CN(C=O)CC[C@@]1(C#Cc2cccc(-n3nc(C(N)=O)c4c3CCC[C@@H]4O)c2)CO1. The number of fused-ring (bicyclic) bond motifs is 1. The fourth-order valence-corrected chi connectivity index (χ4v) is 3.74. The van der Waals surface area contributed by atoms with Crippen LogP contribution in [0, 0.1) is 11.8 Å². The first-order chi connectivity index (χ1) is 14.4. The number of epoxide rings is 1. The van der Waals surface area contributed by atoms with Crippen LogP contribution in [0.4, 0.5) is 0 Å². The molecule has 2 atom stereocenters. The second kappa shape index (κ2) is 7.94. The molecule has 0 unspecified atom stereocenters. The van der Waals surface area contributed by atoms with E-state index in [0.29, 0.717) is 38.0 Å². The van der Waals surface area contributed by atoms with Gasteiger partial charge in [0.15, 0.2) is 11.3 Å². The lowest BCUT2D eigenvalue weighted by Gasteiger charge is -2.19. The fourth-order valence-electron chi connectivity index (χ4n) is 3.74. The molecule has 2 heterocycles. The molecule has 0 bridgehead atoms. The van der Waals surface area contributed by atoms with Gasteiger partial charge in [0.1, 0.15) is 0 Å². The summed E-state index contributed by atoms with van der Waals surface area (Å²) in [6.45, 7) is 1.13. The number of nitrogens with two attached hydrogens (primary N) is 1. The van der Waals surface area contributed by atoms with Crippen molar-refractivity contribution >= 4 is 12.3 Å². The number of carbonyl (C=O) groups is 2. The number of carbonyl (C=O) groups excluding carboxylic acids is 2. The number of aliphatic hydroxyl groups excluding tert-OH is 1. The first-order valence-corrected chi connectivity index (χ1v) is 9.95. The van der Waals surface area contributed by atoms with E-state index in [9.17, 15) is 14.7 Å². The molecule has 156 valence electrons. The summed E-state index contributed by atoms with van der Waals surface area (Å²) in [6.07, 6.45) is 2.82. The Kier molecular flexibility index (Phi) is 5.33. The van der Waals surface area contributed by atoms with E-state index in [4.69, 9.17) is 10.5 Å². The van der Waals surface area contributed by atoms with Crippen molar-refractivity contribution in [2.24, 2.45) is 5.73 Å². The number of hydrogen-bond acceptors (Lipinski definition) is 5. The minimum absolute atomic E-state index is 0.123. The van der Waals surface area contributed by atoms with E-state index < -0.39 is 17.6 Å². The number of benzene rings is 1. The second-order valence-corrected chi connectivity index (χ2v) is 7.81. The second-order valence-electron chi connectivity index (χ2n) is 7.81. The van der Waals surface area contributed by atoms with Crippen molar-refractivity contribution in [2.75, 3.05) is 20.2 Å². The molecule has 0 spiro atoms. The first kappa shape index (κ1) is 20.1. The number of ether oxygens (including phenoxy) is 1. The zero-order chi connectivity index (χ0) is 21.3. The van der Waals surface area contributed by atoms with Crippen molar-refractivity contribution in [2.45, 2.75) is 37.4 Å². The summed E-state index contributed by atoms with van der Waals surface area (Å²) in [4.78, 5) is 24.2. The average Bonchev–Trinajstić information content (AvgIpc) is 3.41. The zero-order valence-corrected chi connectivity index (χ0v) is 16.8. The highest BCUT2D eigenvalue weighted by molar-refractivity contribution is 5.93. The topological polar surface area (TPSA) is 114 Å². The van der Waals surface area contributed by atoms with Gasteiger partial charge in [-0.2, -0.15) is 5.10 Å². The number of aliphatic hydroxyl groups is 1. The molecule has 1 saturated heterocycles. The van der Waals surface area contributed by atoms with Crippen molar-refractivity contribution in [3.05, 3.63) is 46.8 Å². The van der Waals surface area contributed by atoms with Gasteiger partial charge in [0, 0.05) is 31.1 Å². The summed E-state index contributed by atoms with van der Waals surface area (Å²) in [5.41, 5.74) is 8.01. The number of aromatic nitrogens is 2. The maximum Gasteiger partial charge on any atom is 0.269 e. The van der Waals surface area contributed by atoms with Crippen LogP contribution < -0.4 is 5.73 Å². The third-order valence-corrected chi connectivity index (χ3v) is 5.55. The van der Waals surface area contributed by atoms with E-state index in [1.54, 1.807) is 16.6 Å². The third-order valence-electron chi connectivity index (χ3n) is 5.55. The molecule has 2 amide bonds. The van der Waals surface area contributed by atoms with Crippen molar-refractivity contribution in [1.82, 2.24) is 14.7 Å². The zero-order valence-electron chi connectivity index (χ0n) is 16.8. The highest BCUT2D eigenvalue weighted by atomic mass is 16.6. The summed E-state index contributed by atoms with van der Waals surface area (Å²) in [5, 5.41) is 14.8. The minimum atomic E-state index is -0.732. The Bertz CT molecular complexity index is 1050. The quantitative estimate of drug-likeness (QED) is 0.419. The number of amides is 2. The molecule has 1 fully saturated rings. The third kappa shape index (κ3) is 3.95. The molecule has 1 aromatic carbocycles. The lowest BCUT2D eigenvalue weighted by molar-refractivity contribution is -0.117. The van der Waals surface area contributed by atoms with Gasteiger partial charge in [0.2, 0.25) is 6.41 Å². The molecule has 4 rings (SSSR count).